The average Bonchev–Trinajstić information content (AvgIpc) is 2.26. The van der Waals surface area contributed by atoms with Gasteiger partial charge in [0.15, 0.2) is 0 Å². The Labute approximate surface area is 104 Å². The number of hydrogen-bond acceptors (Lipinski definition) is 0. The normalized spacial score (nSPS) is 17.6. The summed E-state index contributed by atoms with van der Waals surface area (Å²) < 4.78 is 0. The van der Waals surface area contributed by atoms with Gasteiger partial charge in [0.25, 0.3) is 0 Å². The summed E-state index contributed by atoms with van der Waals surface area (Å²) >= 11 is 0. The molecular weight excluding hydrogens is 192 g/mol. The second-order valence-electron chi connectivity index (χ2n) is 5.54. The Morgan fingerprint density at radius 2 is 1.62 bits per heavy atom. The first-order chi connectivity index (χ1) is 7.61. The summed E-state index contributed by atoms with van der Waals surface area (Å²) in [5.74, 6) is 2.50. The third kappa shape index (κ3) is 7.96. The lowest BCUT2D eigenvalue weighted by Crippen LogP contribution is -2.07. The van der Waals surface area contributed by atoms with Crippen LogP contribution in [0.15, 0.2) is 12.2 Å². The molecule has 0 nitrogen and oxygen atoms in total. The predicted octanol–water partition coefficient (Wildman–Crippen LogP) is 5.83. The van der Waals surface area contributed by atoms with Crippen molar-refractivity contribution in [2.75, 3.05) is 0 Å². The smallest absolute Gasteiger partial charge is 0.0236 e. The second kappa shape index (κ2) is 9.93. The zero-order valence-electron chi connectivity index (χ0n) is 12.1. The van der Waals surface area contributed by atoms with E-state index in [1.807, 2.05) is 0 Å². The summed E-state index contributed by atoms with van der Waals surface area (Å²) in [7, 11) is 0. The van der Waals surface area contributed by atoms with Crippen LogP contribution < -0.4 is 0 Å². The fourth-order valence-corrected chi connectivity index (χ4v) is 2.19. The molecule has 3 atom stereocenters. The van der Waals surface area contributed by atoms with E-state index < -0.39 is 0 Å². The van der Waals surface area contributed by atoms with Gasteiger partial charge in [0.2, 0.25) is 0 Å². The zero-order chi connectivity index (χ0) is 12.4. The third-order valence-electron chi connectivity index (χ3n) is 3.81. The average molecular weight is 224 g/mol. The van der Waals surface area contributed by atoms with Gasteiger partial charge in [-0.05, 0) is 31.1 Å². The van der Waals surface area contributed by atoms with Crippen molar-refractivity contribution in [3.63, 3.8) is 0 Å². The van der Waals surface area contributed by atoms with Crippen molar-refractivity contribution in [3.05, 3.63) is 12.2 Å². The maximum Gasteiger partial charge on any atom is -0.0236 e. The molecule has 0 aliphatic heterocycles. The monoisotopic (exact) mass is 224 g/mol. The molecule has 0 aromatic rings. The minimum atomic E-state index is 0.743. The van der Waals surface area contributed by atoms with E-state index in [4.69, 9.17) is 0 Å². The first-order valence-electron chi connectivity index (χ1n) is 7.24. The van der Waals surface area contributed by atoms with Gasteiger partial charge in [-0.25, -0.2) is 0 Å². The number of rotatable bonds is 9. The van der Waals surface area contributed by atoms with Crippen molar-refractivity contribution in [1.82, 2.24) is 0 Å². The molecule has 0 rings (SSSR count). The lowest BCUT2D eigenvalue weighted by atomic mass is 9.87. The molecule has 0 aromatic carbocycles. The summed E-state index contributed by atoms with van der Waals surface area (Å²) in [6, 6.07) is 0. The molecule has 0 N–H and O–H groups in total. The lowest BCUT2D eigenvalue weighted by Gasteiger charge is -2.19. The van der Waals surface area contributed by atoms with Crippen LogP contribution in [0, 0.1) is 17.8 Å². The topological polar surface area (TPSA) is 0 Å². The Kier molecular flexibility index (Phi) is 9.77. The number of allylic oxidation sites excluding steroid dienone is 2. The molecule has 0 aliphatic carbocycles. The summed E-state index contributed by atoms with van der Waals surface area (Å²) in [6.45, 7) is 11.6. The van der Waals surface area contributed by atoms with Gasteiger partial charge in [0.1, 0.15) is 0 Å². The molecule has 0 aromatic heterocycles. The molecule has 3 unspecified atom stereocenters. The fraction of sp³-hybridized carbons (Fsp3) is 0.875. The highest BCUT2D eigenvalue weighted by Gasteiger charge is 2.10. The standard InChI is InChI=1S/C16H32/c1-6-8-9-11-14(3)12-13-16(5)15(4)10-7-2/h7,10,14-16H,6,8-9,11-13H2,1-5H3. The van der Waals surface area contributed by atoms with Crippen molar-refractivity contribution in [1.29, 1.82) is 0 Å². The highest BCUT2D eigenvalue weighted by atomic mass is 14.2. The summed E-state index contributed by atoms with van der Waals surface area (Å²) in [5.41, 5.74) is 0. The molecule has 0 heterocycles. The highest BCUT2D eigenvalue weighted by molar-refractivity contribution is 4.85. The minimum Gasteiger partial charge on any atom is -0.0914 e. The highest BCUT2D eigenvalue weighted by Crippen LogP contribution is 2.23. The van der Waals surface area contributed by atoms with Gasteiger partial charge in [-0.3, -0.25) is 0 Å². The van der Waals surface area contributed by atoms with Crippen LogP contribution in [0.5, 0.6) is 0 Å². The Morgan fingerprint density at radius 3 is 2.19 bits per heavy atom. The molecule has 0 aliphatic rings. The molecule has 0 fully saturated rings. The van der Waals surface area contributed by atoms with E-state index in [2.05, 4.69) is 46.8 Å². The molecular formula is C16H32. The van der Waals surface area contributed by atoms with E-state index in [0.29, 0.717) is 0 Å². The van der Waals surface area contributed by atoms with Gasteiger partial charge in [0.05, 0.1) is 0 Å². The zero-order valence-corrected chi connectivity index (χ0v) is 12.1. The van der Waals surface area contributed by atoms with E-state index in [-0.39, 0.29) is 0 Å². The second-order valence-corrected chi connectivity index (χ2v) is 5.54. The largest absolute Gasteiger partial charge is 0.0914 e. The summed E-state index contributed by atoms with van der Waals surface area (Å²) in [5, 5.41) is 0. The van der Waals surface area contributed by atoms with Gasteiger partial charge in [-0.2, -0.15) is 0 Å². The van der Waals surface area contributed by atoms with Crippen LogP contribution in [0.1, 0.15) is 73.1 Å². The van der Waals surface area contributed by atoms with E-state index in [1.165, 1.54) is 38.5 Å². The molecule has 96 valence electrons. The van der Waals surface area contributed by atoms with E-state index in [9.17, 15) is 0 Å². The first-order valence-corrected chi connectivity index (χ1v) is 7.24. The molecule has 16 heavy (non-hydrogen) atoms. The molecule has 0 saturated heterocycles. The van der Waals surface area contributed by atoms with Crippen molar-refractivity contribution in [2.24, 2.45) is 17.8 Å². The Morgan fingerprint density at radius 1 is 0.938 bits per heavy atom. The summed E-state index contributed by atoms with van der Waals surface area (Å²) in [6.07, 6.45) is 12.9. The van der Waals surface area contributed by atoms with Gasteiger partial charge >= 0.3 is 0 Å². The summed E-state index contributed by atoms with van der Waals surface area (Å²) in [4.78, 5) is 0. The predicted molar refractivity (Wildman–Crippen MR) is 75.7 cm³/mol. The Balaban J connectivity index is 3.61. The number of hydrogen-bond donors (Lipinski definition) is 0. The van der Waals surface area contributed by atoms with E-state index in [1.54, 1.807) is 0 Å². The first kappa shape index (κ1) is 15.7. The van der Waals surface area contributed by atoms with E-state index in [0.717, 1.165) is 17.8 Å². The van der Waals surface area contributed by atoms with E-state index >= 15 is 0 Å². The van der Waals surface area contributed by atoms with Gasteiger partial charge in [-0.1, -0.05) is 72.0 Å². The molecule has 0 spiro atoms. The van der Waals surface area contributed by atoms with Gasteiger partial charge in [0, 0.05) is 0 Å². The SMILES string of the molecule is CC=CC(C)C(C)CCC(C)CCCCC. The quantitative estimate of drug-likeness (QED) is 0.341. The van der Waals surface area contributed by atoms with Crippen LogP contribution >= 0.6 is 0 Å². The Hall–Kier alpha value is -0.260. The van der Waals surface area contributed by atoms with Crippen LogP contribution in [-0.4, -0.2) is 0 Å². The fourth-order valence-electron chi connectivity index (χ4n) is 2.19. The third-order valence-corrected chi connectivity index (χ3v) is 3.81. The van der Waals surface area contributed by atoms with Gasteiger partial charge in [-0.15, -0.1) is 0 Å². The van der Waals surface area contributed by atoms with Crippen LogP contribution in [0.4, 0.5) is 0 Å². The maximum absolute atomic E-state index is 2.42. The van der Waals surface area contributed by atoms with Crippen molar-refractivity contribution in [3.8, 4) is 0 Å². The Bertz CT molecular complexity index is 169. The molecule has 0 amide bonds. The molecule has 0 heteroatoms. The lowest BCUT2D eigenvalue weighted by molar-refractivity contribution is 0.359. The minimum absolute atomic E-state index is 0.743. The molecule has 0 bridgehead atoms. The van der Waals surface area contributed by atoms with Crippen LogP contribution in [-0.2, 0) is 0 Å². The molecule has 0 saturated carbocycles. The van der Waals surface area contributed by atoms with Gasteiger partial charge < -0.3 is 0 Å². The van der Waals surface area contributed by atoms with Crippen molar-refractivity contribution >= 4 is 0 Å². The van der Waals surface area contributed by atoms with Crippen LogP contribution in [0.2, 0.25) is 0 Å². The maximum atomic E-state index is 2.42. The van der Waals surface area contributed by atoms with Crippen LogP contribution in [0.25, 0.3) is 0 Å². The van der Waals surface area contributed by atoms with Crippen molar-refractivity contribution in [2.45, 2.75) is 73.1 Å². The number of unbranched alkanes of at least 4 members (excludes halogenated alkanes) is 2. The van der Waals surface area contributed by atoms with Crippen LogP contribution in [0.3, 0.4) is 0 Å². The van der Waals surface area contributed by atoms with Crippen molar-refractivity contribution < 1.29 is 0 Å². The molecule has 0 radical (unpaired) electrons.